The first-order chi connectivity index (χ1) is 16.2. The lowest BCUT2D eigenvalue weighted by Crippen LogP contribution is -2.27. The summed E-state index contributed by atoms with van der Waals surface area (Å²) in [6.07, 6.45) is 1.22. The molecule has 10 heteroatoms. The molecule has 4 rings (SSSR count). The van der Waals surface area contributed by atoms with Gasteiger partial charge in [0.1, 0.15) is 11.8 Å². The van der Waals surface area contributed by atoms with Crippen LogP contribution < -0.4 is 4.72 Å². The van der Waals surface area contributed by atoms with E-state index in [1.54, 1.807) is 48.5 Å². The predicted octanol–water partition coefficient (Wildman–Crippen LogP) is 3.93. The van der Waals surface area contributed by atoms with Gasteiger partial charge in [0.25, 0.3) is 10.0 Å². The molecule has 0 radical (unpaired) electrons. The number of benzene rings is 2. The van der Waals surface area contributed by atoms with Gasteiger partial charge in [0.2, 0.25) is 5.91 Å². The van der Waals surface area contributed by atoms with E-state index in [-0.39, 0.29) is 24.2 Å². The Balaban J connectivity index is 1.66. The molecule has 1 atom stereocenters. The van der Waals surface area contributed by atoms with Crippen molar-refractivity contribution in [3.63, 3.8) is 0 Å². The second kappa shape index (κ2) is 9.52. The molecule has 3 aromatic rings. The van der Waals surface area contributed by atoms with E-state index < -0.39 is 27.9 Å². The van der Waals surface area contributed by atoms with Crippen LogP contribution in [0.3, 0.4) is 0 Å². The molecule has 176 valence electrons. The summed E-state index contributed by atoms with van der Waals surface area (Å²) in [5, 5.41) is 14.6. The minimum Gasteiger partial charge on any atom is -0.481 e. The zero-order valence-corrected chi connectivity index (χ0v) is 19.2. The maximum Gasteiger partial charge on any atom is 0.303 e. The maximum atomic E-state index is 13.0. The van der Waals surface area contributed by atoms with Crippen LogP contribution in [0.1, 0.15) is 42.2 Å². The number of sulfonamides is 1. The third kappa shape index (κ3) is 5.01. The third-order valence-electron chi connectivity index (χ3n) is 5.40. The molecular weight excluding hydrogens is 458 g/mol. The number of carboxylic acids is 1. The Morgan fingerprint density at radius 2 is 1.82 bits per heavy atom. The average Bonchev–Trinajstić information content (AvgIpc) is 3.48. The predicted molar refractivity (Wildman–Crippen MR) is 125 cm³/mol. The van der Waals surface area contributed by atoms with Gasteiger partial charge in [0.05, 0.1) is 29.0 Å². The molecule has 0 fully saturated rings. The van der Waals surface area contributed by atoms with Crippen LogP contribution in [0, 0.1) is 6.92 Å². The summed E-state index contributed by atoms with van der Waals surface area (Å²) in [7, 11) is -3.86. The fourth-order valence-electron chi connectivity index (χ4n) is 3.68. The highest BCUT2D eigenvalue weighted by Crippen LogP contribution is 2.35. The van der Waals surface area contributed by atoms with E-state index in [2.05, 4.69) is 9.82 Å². The zero-order valence-electron chi connectivity index (χ0n) is 18.3. The van der Waals surface area contributed by atoms with E-state index in [0.717, 1.165) is 5.56 Å². The third-order valence-corrected chi connectivity index (χ3v) is 6.79. The summed E-state index contributed by atoms with van der Waals surface area (Å²) in [6.45, 7) is 1.87. The first-order valence-corrected chi connectivity index (χ1v) is 12.1. The van der Waals surface area contributed by atoms with Crippen LogP contribution in [-0.4, -0.2) is 36.1 Å². The van der Waals surface area contributed by atoms with E-state index in [9.17, 15) is 18.0 Å². The number of nitrogens with one attached hydrogen (secondary N) is 1. The lowest BCUT2D eigenvalue weighted by Gasteiger charge is -2.19. The molecule has 0 spiro atoms. The summed E-state index contributed by atoms with van der Waals surface area (Å²) < 4.78 is 34.0. The highest BCUT2D eigenvalue weighted by Gasteiger charge is 2.35. The molecule has 1 amide bonds. The molecule has 0 bridgehead atoms. The lowest BCUT2D eigenvalue weighted by atomic mass is 10.0. The molecule has 1 aromatic heterocycles. The van der Waals surface area contributed by atoms with Crippen molar-refractivity contribution in [3.05, 3.63) is 83.8 Å². The Hall–Kier alpha value is -3.92. The van der Waals surface area contributed by atoms with Crippen LogP contribution in [0.15, 0.2) is 81.3 Å². The molecule has 0 saturated heterocycles. The summed E-state index contributed by atoms with van der Waals surface area (Å²) >= 11 is 0. The average molecular weight is 482 g/mol. The van der Waals surface area contributed by atoms with Gasteiger partial charge in [0, 0.05) is 18.4 Å². The fraction of sp³-hybridized carbons (Fsp3) is 0.208. The van der Waals surface area contributed by atoms with Crippen LogP contribution in [0.5, 0.6) is 0 Å². The van der Waals surface area contributed by atoms with Crippen molar-refractivity contribution in [2.24, 2.45) is 5.10 Å². The number of anilines is 1. The van der Waals surface area contributed by atoms with Crippen molar-refractivity contribution in [2.45, 2.75) is 37.1 Å². The van der Waals surface area contributed by atoms with Gasteiger partial charge in [-0.1, -0.05) is 35.9 Å². The molecule has 34 heavy (non-hydrogen) atoms. The van der Waals surface area contributed by atoms with Gasteiger partial charge in [-0.15, -0.1) is 0 Å². The van der Waals surface area contributed by atoms with Gasteiger partial charge >= 0.3 is 5.97 Å². The number of carbonyl (C=O) groups excluding carboxylic acids is 1. The number of hydrogen-bond acceptors (Lipinski definition) is 6. The van der Waals surface area contributed by atoms with E-state index >= 15 is 0 Å². The summed E-state index contributed by atoms with van der Waals surface area (Å²) in [5.41, 5.74) is 2.26. The number of aliphatic carboxylic acids is 1. The molecule has 2 aromatic carbocycles. The molecule has 0 unspecified atom stereocenters. The first-order valence-electron chi connectivity index (χ1n) is 10.6. The SMILES string of the molecule is Cc1ccc(S(=O)(=O)Nc2ccccc2C2=NN(C(=O)CCC(=O)O)[C@H](c3ccco3)C2)cc1. The Morgan fingerprint density at radius 3 is 2.50 bits per heavy atom. The van der Waals surface area contributed by atoms with E-state index in [1.807, 2.05) is 6.92 Å². The fourth-order valence-corrected chi connectivity index (χ4v) is 4.76. The molecular formula is C24H23N3O6S. The standard InChI is InChI=1S/C24H23N3O6S/c1-16-8-10-17(11-9-16)34(31,32)26-19-6-3-2-5-18(19)20-15-21(22-7-4-14-33-22)27(25-20)23(28)12-13-24(29)30/h2-11,14,21,26H,12-13,15H2,1H3,(H,29,30)/t21-/m0/s1. The number of rotatable bonds is 8. The van der Waals surface area contributed by atoms with E-state index in [4.69, 9.17) is 9.52 Å². The topological polar surface area (TPSA) is 129 Å². The number of hydrogen-bond donors (Lipinski definition) is 2. The molecule has 0 saturated carbocycles. The van der Waals surface area contributed by atoms with Crippen molar-refractivity contribution in [1.82, 2.24) is 5.01 Å². The molecule has 1 aliphatic rings. The maximum absolute atomic E-state index is 13.0. The number of amides is 1. The highest BCUT2D eigenvalue weighted by atomic mass is 32.2. The number of carboxylic acid groups (broad SMARTS) is 1. The van der Waals surface area contributed by atoms with Gasteiger partial charge in [-0.2, -0.15) is 5.10 Å². The number of hydrazone groups is 1. The lowest BCUT2D eigenvalue weighted by molar-refractivity contribution is -0.141. The molecule has 1 aliphatic heterocycles. The van der Waals surface area contributed by atoms with Gasteiger partial charge < -0.3 is 9.52 Å². The van der Waals surface area contributed by atoms with Crippen molar-refractivity contribution in [1.29, 1.82) is 0 Å². The van der Waals surface area contributed by atoms with Crippen LogP contribution >= 0.6 is 0 Å². The van der Waals surface area contributed by atoms with Gasteiger partial charge in [-0.05, 0) is 37.3 Å². The Kier molecular flexibility index (Phi) is 6.51. The Bertz CT molecular complexity index is 1330. The molecule has 9 nitrogen and oxygen atoms in total. The van der Waals surface area contributed by atoms with Gasteiger partial charge in [-0.3, -0.25) is 14.3 Å². The Labute approximate surface area is 196 Å². The van der Waals surface area contributed by atoms with Crippen LogP contribution in [-0.2, 0) is 19.6 Å². The van der Waals surface area contributed by atoms with Gasteiger partial charge in [0.15, 0.2) is 0 Å². The first kappa shape index (κ1) is 23.2. The molecule has 2 heterocycles. The van der Waals surface area contributed by atoms with Crippen LogP contribution in [0.25, 0.3) is 0 Å². The van der Waals surface area contributed by atoms with Crippen molar-refractivity contribution in [3.8, 4) is 0 Å². The number of carbonyl (C=O) groups is 2. The smallest absolute Gasteiger partial charge is 0.303 e. The number of furan rings is 1. The van der Waals surface area contributed by atoms with Crippen molar-refractivity contribution >= 4 is 33.3 Å². The zero-order chi connectivity index (χ0) is 24.3. The van der Waals surface area contributed by atoms with Crippen molar-refractivity contribution in [2.75, 3.05) is 4.72 Å². The number of para-hydroxylation sites is 1. The van der Waals surface area contributed by atoms with E-state index in [0.29, 0.717) is 22.7 Å². The van der Waals surface area contributed by atoms with Crippen LogP contribution in [0.2, 0.25) is 0 Å². The Morgan fingerprint density at radius 1 is 1.09 bits per heavy atom. The normalized spacial score (nSPS) is 15.7. The largest absolute Gasteiger partial charge is 0.481 e. The van der Waals surface area contributed by atoms with Gasteiger partial charge in [-0.25, -0.2) is 13.4 Å². The minimum absolute atomic E-state index is 0.125. The number of nitrogens with zero attached hydrogens (tertiary/aromatic N) is 2. The quantitative estimate of drug-likeness (QED) is 0.501. The summed E-state index contributed by atoms with van der Waals surface area (Å²) in [6, 6.07) is 16.1. The van der Waals surface area contributed by atoms with E-state index in [1.165, 1.54) is 23.4 Å². The molecule has 2 N–H and O–H groups in total. The highest BCUT2D eigenvalue weighted by molar-refractivity contribution is 7.92. The van der Waals surface area contributed by atoms with Crippen LogP contribution in [0.4, 0.5) is 5.69 Å². The monoisotopic (exact) mass is 481 g/mol. The summed E-state index contributed by atoms with van der Waals surface area (Å²) in [4.78, 5) is 23.8. The second-order valence-electron chi connectivity index (χ2n) is 7.88. The summed E-state index contributed by atoms with van der Waals surface area (Å²) in [5.74, 6) is -1.04. The molecule has 0 aliphatic carbocycles. The minimum atomic E-state index is -3.86. The van der Waals surface area contributed by atoms with Crippen molar-refractivity contribution < 1.29 is 27.5 Å². The second-order valence-corrected chi connectivity index (χ2v) is 9.56. The number of aryl methyl sites for hydroxylation is 1.